The molecule has 2 fully saturated rings. The molecule has 0 radical (unpaired) electrons. The van der Waals surface area contributed by atoms with E-state index in [1.807, 2.05) is 11.3 Å². The Morgan fingerprint density at radius 2 is 2.00 bits per heavy atom. The molecule has 1 N–H and O–H groups in total. The van der Waals surface area contributed by atoms with Crippen LogP contribution >= 0.6 is 11.3 Å². The Morgan fingerprint density at radius 1 is 1.32 bits per heavy atom. The fraction of sp³-hybridized carbons (Fsp3) is 0.737. The number of methoxy groups -OCH3 is 1. The van der Waals surface area contributed by atoms with Crippen LogP contribution in [0.3, 0.4) is 0 Å². The first-order chi connectivity index (χ1) is 11.9. The van der Waals surface area contributed by atoms with Crippen molar-refractivity contribution in [1.82, 2.24) is 9.80 Å². The van der Waals surface area contributed by atoms with E-state index in [9.17, 15) is 9.90 Å². The van der Waals surface area contributed by atoms with Crippen LogP contribution in [-0.2, 0) is 22.5 Å². The van der Waals surface area contributed by atoms with Crippen LogP contribution in [0.15, 0.2) is 12.1 Å². The van der Waals surface area contributed by atoms with Gasteiger partial charge in [0.1, 0.15) is 0 Å². The minimum absolute atomic E-state index is 0.219. The molecule has 25 heavy (non-hydrogen) atoms. The molecule has 3 rings (SSSR count). The summed E-state index contributed by atoms with van der Waals surface area (Å²) in [5, 5.41) is 9.92. The summed E-state index contributed by atoms with van der Waals surface area (Å²) in [6.07, 6.45) is 1.13. The smallest absolute Gasteiger partial charge is 0.312 e. The van der Waals surface area contributed by atoms with Gasteiger partial charge in [0.2, 0.25) is 0 Å². The summed E-state index contributed by atoms with van der Waals surface area (Å²) in [7, 11) is 1.69. The van der Waals surface area contributed by atoms with Crippen LogP contribution in [0.4, 0.5) is 0 Å². The number of fused-ring (bicyclic) bond motifs is 1. The lowest BCUT2D eigenvalue weighted by molar-refractivity contribution is -0.149. The molecule has 0 saturated carbocycles. The number of rotatable bonds is 8. The van der Waals surface area contributed by atoms with Gasteiger partial charge in [0, 0.05) is 62.1 Å². The van der Waals surface area contributed by atoms with E-state index in [1.54, 1.807) is 7.11 Å². The molecule has 5 nitrogen and oxygen atoms in total. The summed E-state index contributed by atoms with van der Waals surface area (Å²) in [5.74, 6) is 0.259. The van der Waals surface area contributed by atoms with E-state index >= 15 is 0 Å². The zero-order valence-corrected chi connectivity index (χ0v) is 16.3. The highest BCUT2D eigenvalue weighted by Gasteiger charge is 2.57. The van der Waals surface area contributed by atoms with E-state index in [2.05, 4.69) is 35.8 Å². The Bertz CT molecular complexity index is 603. The first kappa shape index (κ1) is 18.8. The predicted octanol–water partition coefficient (Wildman–Crippen LogP) is 2.41. The number of carboxylic acids is 1. The summed E-state index contributed by atoms with van der Waals surface area (Å²) < 4.78 is 5.15. The van der Waals surface area contributed by atoms with Gasteiger partial charge < -0.3 is 9.84 Å². The summed E-state index contributed by atoms with van der Waals surface area (Å²) >= 11 is 1.88. The number of hydrogen-bond acceptors (Lipinski definition) is 5. The van der Waals surface area contributed by atoms with Gasteiger partial charge >= 0.3 is 5.97 Å². The molecular formula is C19H30N2O3S. The largest absolute Gasteiger partial charge is 0.481 e. The maximum Gasteiger partial charge on any atom is 0.312 e. The molecule has 6 heteroatoms. The number of nitrogens with zero attached hydrogens (tertiary/aromatic N) is 2. The average Bonchev–Trinajstić information content (AvgIpc) is 3.18. The highest BCUT2D eigenvalue weighted by atomic mass is 32.1. The fourth-order valence-electron chi connectivity index (χ4n) is 4.33. The maximum atomic E-state index is 12.1. The number of likely N-dealkylation sites (tertiary alicyclic amines) is 2. The third-order valence-corrected chi connectivity index (χ3v) is 6.59. The van der Waals surface area contributed by atoms with Crippen LogP contribution in [0.5, 0.6) is 0 Å². The molecule has 2 saturated heterocycles. The van der Waals surface area contributed by atoms with Crippen molar-refractivity contribution in [2.45, 2.75) is 26.8 Å². The Hall–Kier alpha value is -0.950. The van der Waals surface area contributed by atoms with Crippen LogP contribution in [0.1, 0.15) is 23.6 Å². The number of carbonyl (C=O) groups is 1. The quantitative estimate of drug-likeness (QED) is 0.766. The molecule has 0 aliphatic carbocycles. The van der Waals surface area contributed by atoms with Gasteiger partial charge in [-0.2, -0.15) is 0 Å². The van der Waals surface area contributed by atoms with Crippen molar-refractivity contribution in [2.24, 2.45) is 17.3 Å². The monoisotopic (exact) mass is 366 g/mol. The van der Waals surface area contributed by atoms with Gasteiger partial charge in [0.25, 0.3) is 0 Å². The van der Waals surface area contributed by atoms with Crippen molar-refractivity contribution in [3.8, 4) is 0 Å². The molecule has 140 valence electrons. The number of hydrogen-bond donors (Lipinski definition) is 1. The van der Waals surface area contributed by atoms with Crippen molar-refractivity contribution in [3.63, 3.8) is 0 Å². The molecule has 0 bridgehead atoms. The van der Waals surface area contributed by atoms with Gasteiger partial charge in [-0.3, -0.25) is 14.6 Å². The molecule has 0 unspecified atom stereocenters. The summed E-state index contributed by atoms with van der Waals surface area (Å²) in [6.45, 7) is 9.92. The molecule has 1 aromatic rings. The minimum Gasteiger partial charge on any atom is -0.481 e. The lowest BCUT2D eigenvalue weighted by Crippen LogP contribution is -2.41. The van der Waals surface area contributed by atoms with E-state index in [4.69, 9.17) is 4.74 Å². The van der Waals surface area contributed by atoms with Gasteiger partial charge in [-0.1, -0.05) is 13.8 Å². The molecule has 0 spiro atoms. The molecule has 0 aromatic carbocycles. The highest BCUT2D eigenvalue weighted by Crippen LogP contribution is 2.43. The lowest BCUT2D eigenvalue weighted by Gasteiger charge is -2.25. The van der Waals surface area contributed by atoms with Gasteiger partial charge in [-0.25, -0.2) is 0 Å². The van der Waals surface area contributed by atoms with E-state index in [0.29, 0.717) is 25.6 Å². The van der Waals surface area contributed by atoms with Crippen molar-refractivity contribution in [1.29, 1.82) is 0 Å². The van der Waals surface area contributed by atoms with E-state index < -0.39 is 11.4 Å². The molecule has 2 atom stereocenters. The second-order valence-electron chi connectivity index (χ2n) is 8.02. The third kappa shape index (κ3) is 4.08. The minimum atomic E-state index is -0.633. The Kier molecular flexibility index (Phi) is 5.83. The zero-order valence-electron chi connectivity index (χ0n) is 15.5. The molecule has 3 heterocycles. The second-order valence-corrected chi connectivity index (χ2v) is 9.27. The van der Waals surface area contributed by atoms with Crippen LogP contribution < -0.4 is 0 Å². The Balaban J connectivity index is 1.62. The number of carboxylic acid groups (broad SMARTS) is 1. The molecule has 0 amide bonds. The SMILES string of the molecule is COCCN1C[C@@H]2CN(Cc3ccc(CC(C)C)s3)C[C@]2(C(=O)O)C1. The first-order valence-corrected chi connectivity index (χ1v) is 9.99. The van der Waals surface area contributed by atoms with E-state index in [0.717, 1.165) is 32.6 Å². The Labute approximate surface area is 154 Å². The van der Waals surface area contributed by atoms with E-state index in [1.165, 1.54) is 9.75 Å². The molecule has 2 aliphatic rings. The first-order valence-electron chi connectivity index (χ1n) is 9.17. The van der Waals surface area contributed by atoms with Crippen molar-refractivity contribution < 1.29 is 14.6 Å². The fourth-order valence-corrected chi connectivity index (χ4v) is 5.60. The molecular weight excluding hydrogens is 336 g/mol. The third-order valence-electron chi connectivity index (χ3n) is 5.49. The van der Waals surface area contributed by atoms with Gasteiger partial charge in [-0.15, -0.1) is 11.3 Å². The highest BCUT2D eigenvalue weighted by molar-refractivity contribution is 7.11. The lowest BCUT2D eigenvalue weighted by atomic mass is 9.81. The van der Waals surface area contributed by atoms with Gasteiger partial charge in [-0.05, 0) is 24.5 Å². The summed E-state index contributed by atoms with van der Waals surface area (Å²) in [6, 6.07) is 4.45. The maximum absolute atomic E-state index is 12.1. The normalized spacial score (nSPS) is 27.3. The standard InChI is InChI=1S/C19H30N2O3S/c1-14(2)8-16-4-5-17(25-16)11-21-10-15-9-20(6-7-24-3)12-19(15,13-21)18(22)23/h4-5,14-15H,6-13H2,1-3H3,(H,22,23)/t15-,19-/m1/s1. The number of ether oxygens (including phenoxy) is 1. The van der Waals surface area contributed by atoms with Gasteiger partial charge in [0.05, 0.1) is 12.0 Å². The van der Waals surface area contributed by atoms with Gasteiger partial charge in [0.15, 0.2) is 0 Å². The van der Waals surface area contributed by atoms with Crippen LogP contribution in [-0.4, -0.2) is 67.3 Å². The van der Waals surface area contributed by atoms with Crippen molar-refractivity contribution >= 4 is 17.3 Å². The topological polar surface area (TPSA) is 53.0 Å². The average molecular weight is 367 g/mol. The predicted molar refractivity (Wildman–Crippen MR) is 100 cm³/mol. The zero-order chi connectivity index (χ0) is 18.0. The number of aliphatic carboxylic acids is 1. The van der Waals surface area contributed by atoms with Crippen LogP contribution in [0, 0.1) is 17.3 Å². The molecule has 1 aromatic heterocycles. The number of thiophene rings is 1. The summed E-state index contributed by atoms with van der Waals surface area (Å²) in [4.78, 5) is 19.5. The van der Waals surface area contributed by atoms with Crippen molar-refractivity contribution in [3.05, 3.63) is 21.9 Å². The summed E-state index contributed by atoms with van der Waals surface area (Å²) in [5.41, 5.74) is -0.605. The van der Waals surface area contributed by atoms with E-state index in [-0.39, 0.29) is 5.92 Å². The van der Waals surface area contributed by atoms with Crippen LogP contribution in [0.2, 0.25) is 0 Å². The van der Waals surface area contributed by atoms with Crippen molar-refractivity contribution in [2.75, 3.05) is 46.4 Å². The van der Waals surface area contributed by atoms with Crippen LogP contribution in [0.25, 0.3) is 0 Å². The molecule has 2 aliphatic heterocycles. The second kappa shape index (κ2) is 7.74. The Morgan fingerprint density at radius 3 is 2.64 bits per heavy atom.